The number of rotatable bonds is 9. The first kappa shape index (κ1) is 22.8. The number of primary amides is 1. The number of para-hydroxylation sites is 1. The van der Waals surface area contributed by atoms with E-state index in [4.69, 9.17) is 22.1 Å². The number of hydrogen-bond acceptors (Lipinski definition) is 4. The van der Waals surface area contributed by atoms with Gasteiger partial charge in [-0.05, 0) is 47.5 Å². The van der Waals surface area contributed by atoms with E-state index in [-0.39, 0.29) is 19.0 Å². The molecule has 164 valence electrons. The Morgan fingerprint density at radius 3 is 2.16 bits per heavy atom. The quantitative estimate of drug-likeness (QED) is 0.464. The molecule has 0 saturated heterocycles. The maximum Gasteiger partial charge on any atom is 0.255 e. The lowest BCUT2D eigenvalue weighted by molar-refractivity contribution is -0.117. The van der Waals surface area contributed by atoms with Crippen molar-refractivity contribution >= 4 is 29.3 Å². The van der Waals surface area contributed by atoms with Crippen molar-refractivity contribution < 1.29 is 19.1 Å². The van der Waals surface area contributed by atoms with Crippen LogP contribution in [0.1, 0.15) is 31.8 Å². The first-order chi connectivity index (χ1) is 15.4. The van der Waals surface area contributed by atoms with Crippen molar-refractivity contribution in [3.8, 4) is 5.75 Å². The Kier molecular flexibility index (Phi) is 7.83. The summed E-state index contributed by atoms with van der Waals surface area (Å²) in [7, 11) is 0. The zero-order chi connectivity index (χ0) is 22.9. The molecule has 3 aromatic carbocycles. The normalized spacial score (nSPS) is 10.3. The van der Waals surface area contributed by atoms with Gasteiger partial charge < -0.3 is 21.1 Å². The van der Waals surface area contributed by atoms with E-state index in [1.807, 2.05) is 12.1 Å². The first-order valence-corrected chi connectivity index (χ1v) is 10.2. The number of benzene rings is 3. The standard InChI is InChI=1S/C24H22ClN3O4/c25-19-11-7-17(8-12-19)15-32-21-4-2-1-3-20(21)24(31)27-13-16-5-9-18(10-6-16)23(30)28-14-22(26)29/h1-12H,13-15H2,(H2,26,29)(H,27,31)(H,28,30). The minimum Gasteiger partial charge on any atom is -0.488 e. The second kappa shape index (κ2) is 11.0. The molecular weight excluding hydrogens is 430 g/mol. The van der Waals surface area contributed by atoms with E-state index < -0.39 is 11.8 Å². The molecule has 0 bridgehead atoms. The molecule has 0 aliphatic carbocycles. The minimum absolute atomic E-state index is 0.226. The Morgan fingerprint density at radius 2 is 1.47 bits per heavy atom. The summed E-state index contributed by atoms with van der Waals surface area (Å²) in [6.45, 7) is 0.352. The van der Waals surface area contributed by atoms with Crippen molar-refractivity contribution in [3.05, 3.63) is 100 Å². The Morgan fingerprint density at radius 1 is 0.812 bits per heavy atom. The molecule has 0 unspecified atom stereocenters. The third kappa shape index (κ3) is 6.58. The lowest BCUT2D eigenvalue weighted by Crippen LogP contribution is -2.33. The maximum atomic E-state index is 12.7. The zero-order valence-corrected chi connectivity index (χ0v) is 17.9. The lowest BCUT2D eigenvalue weighted by atomic mass is 10.1. The Bertz CT molecular complexity index is 1100. The van der Waals surface area contributed by atoms with Gasteiger partial charge in [0, 0.05) is 17.1 Å². The number of amides is 3. The summed E-state index contributed by atoms with van der Waals surface area (Å²) in [4.78, 5) is 35.4. The Hall–Kier alpha value is -3.84. The molecule has 3 amide bonds. The van der Waals surface area contributed by atoms with Crippen molar-refractivity contribution in [2.45, 2.75) is 13.2 Å². The molecule has 0 heterocycles. The monoisotopic (exact) mass is 451 g/mol. The van der Waals surface area contributed by atoms with Gasteiger partial charge in [-0.1, -0.05) is 48.0 Å². The second-order valence-electron chi connectivity index (χ2n) is 6.94. The molecule has 0 spiro atoms. The highest BCUT2D eigenvalue weighted by atomic mass is 35.5. The predicted octanol–water partition coefficient (Wildman–Crippen LogP) is 3.06. The molecule has 0 radical (unpaired) electrons. The molecule has 0 saturated carbocycles. The van der Waals surface area contributed by atoms with Gasteiger partial charge >= 0.3 is 0 Å². The van der Waals surface area contributed by atoms with Gasteiger partial charge in [0.05, 0.1) is 12.1 Å². The molecule has 4 N–H and O–H groups in total. The molecule has 0 aromatic heterocycles. The molecule has 0 aliphatic heterocycles. The van der Waals surface area contributed by atoms with Gasteiger partial charge in [0.2, 0.25) is 5.91 Å². The smallest absolute Gasteiger partial charge is 0.255 e. The molecule has 0 fully saturated rings. The summed E-state index contributed by atoms with van der Waals surface area (Å²) >= 11 is 5.90. The van der Waals surface area contributed by atoms with Crippen LogP contribution >= 0.6 is 11.6 Å². The molecular formula is C24H22ClN3O4. The van der Waals surface area contributed by atoms with Crippen molar-refractivity contribution in [2.75, 3.05) is 6.54 Å². The number of nitrogens with two attached hydrogens (primary N) is 1. The average Bonchev–Trinajstić information content (AvgIpc) is 2.81. The van der Waals surface area contributed by atoms with Gasteiger partial charge in [-0.3, -0.25) is 14.4 Å². The van der Waals surface area contributed by atoms with Gasteiger partial charge in [-0.25, -0.2) is 0 Å². The molecule has 3 rings (SSSR count). The van der Waals surface area contributed by atoms with E-state index in [1.165, 1.54) is 0 Å². The molecule has 0 aliphatic rings. The van der Waals surface area contributed by atoms with Crippen LogP contribution in [0.2, 0.25) is 5.02 Å². The molecule has 8 heteroatoms. The van der Waals surface area contributed by atoms with Crippen LogP contribution in [0.15, 0.2) is 72.8 Å². The largest absolute Gasteiger partial charge is 0.488 e. The average molecular weight is 452 g/mol. The predicted molar refractivity (Wildman–Crippen MR) is 121 cm³/mol. The Labute approximate surface area is 190 Å². The summed E-state index contributed by atoms with van der Waals surface area (Å²) in [6, 6.07) is 21.0. The fraction of sp³-hybridized carbons (Fsp3) is 0.125. The number of carbonyl (C=O) groups is 3. The Balaban J connectivity index is 1.57. The summed E-state index contributed by atoms with van der Waals surface area (Å²) in [5.41, 5.74) is 7.57. The van der Waals surface area contributed by atoms with Gasteiger partial charge in [0.15, 0.2) is 0 Å². The van der Waals surface area contributed by atoms with Crippen molar-refractivity contribution in [2.24, 2.45) is 5.73 Å². The SMILES string of the molecule is NC(=O)CNC(=O)c1ccc(CNC(=O)c2ccccc2OCc2ccc(Cl)cc2)cc1. The second-order valence-corrected chi connectivity index (χ2v) is 7.38. The zero-order valence-electron chi connectivity index (χ0n) is 17.1. The topological polar surface area (TPSA) is 111 Å². The molecule has 0 atom stereocenters. The third-order valence-corrected chi connectivity index (χ3v) is 4.78. The fourth-order valence-electron chi connectivity index (χ4n) is 2.84. The third-order valence-electron chi connectivity index (χ3n) is 4.53. The molecule has 7 nitrogen and oxygen atoms in total. The van der Waals surface area contributed by atoms with Gasteiger partial charge in [0.1, 0.15) is 12.4 Å². The number of nitrogens with one attached hydrogen (secondary N) is 2. The van der Waals surface area contributed by atoms with Gasteiger partial charge in [-0.15, -0.1) is 0 Å². The van der Waals surface area contributed by atoms with Crippen LogP contribution in [0.5, 0.6) is 5.75 Å². The van der Waals surface area contributed by atoms with E-state index in [2.05, 4.69) is 10.6 Å². The van der Waals surface area contributed by atoms with Crippen LogP contribution in [0.25, 0.3) is 0 Å². The fourth-order valence-corrected chi connectivity index (χ4v) is 2.97. The van der Waals surface area contributed by atoms with Crippen LogP contribution in [0.3, 0.4) is 0 Å². The summed E-state index contributed by atoms with van der Waals surface area (Å²) in [6.07, 6.45) is 0. The summed E-state index contributed by atoms with van der Waals surface area (Å²) in [5, 5.41) is 5.92. The minimum atomic E-state index is -0.616. The van der Waals surface area contributed by atoms with E-state index in [0.717, 1.165) is 11.1 Å². The number of carbonyl (C=O) groups excluding carboxylic acids is 3. The van der Waals surface area contributed by atoms with Crippen LogP contribution in [0.4, 0.5) is 0 Å². The summed E-state index contributed by atoms with van der Waals surface area (Å²) < 4.78 is 5.84. The first-order valence-electron chi connectivity index (χ1n) is 9.82. The lowest BCUT2D eigenvalue weighted by Gasteiger charge is -2.12. The molecule has 32 heavy (non-hydrogen) atoms. The van der Waals surface area contributed by atoms with Crippen LogP contribution in [0, 0.1) is 0 Å². The number of ether oxygens (including phenoxy) is 1. The van der Waals surface area contributed by atoms with Crippen molar-refractivity contribution in [1.29, 1.82) is 0 Å². The van der Waals surface area contributed by atoms with Crippen LogP contribution in [-0.4, -0.2) is 24.3 Å². The van der Waals surface area contributed by atoms with Crippen molar-refractivity contribution in [3.63, 3.8) is 0 Å². The van der Waals surface area contributed by atoms with Crippen LogP contribution in [-0.2, 0) is 17.9 Å². The van der Waals surface area contributed by atoms with E-state index in [0.29, 0.717) is 28.5 Å². The van der Waals surface area contributed by atoms with Crippen molar-refractivity contribution in [1.82, 2.24) is 10.6 Å². The maximum absolute atomic E-state index is 12.7. The highest BCUT2D eigenvalue weighted by molar-refractivity contribution is 6.30. The van der Waals surface area contributed by atoms with Gasteiger partial charge in [0.25, 0.3) is 11.8 Å². The van der Waals surface area contributed by atoms with E-state index in [9.17, 15) is 14.4 Å². The number of hydrogen-bond donors (Lipinski definition) is 3. The molecule has 3 aromatic rings. The number of halogens is 1. The van der Waals surface area contributed by atoms with Gasteiger partial charge in [-0.2, -0.15) is 0 Å². The summed E-state index contributed by atoms with van der Waals surface area (Å²) in [5.74, 6) is -0.817. The van der Waals surface area contributed by atoms with Crippen LogP contribution < -0.4 is 21.1 Å². The highest BCUT2D eigenvalue weighted by Gasteiger charge is 2.12. The van der Waals surface area contributed by atoms with E-state index in [1.54, 1.807) is 60.7 Å². The van der Waals surface area contributed by atoms with E-state index >= 15 is 0 Å². The highest BCUT2D eigenvalue weighted by Crippen LogP contribution is 2.20.